The van der Waals surface area contributed by atoms with Crippen LogP contribution in [0.15, 0.2) is 12.7 Å². The van der Waals surface area contributed by atoms with Crippen molar-refractivity contribution in [1.82, 2.24) is 10.2 Å². The van der Waals surface area contributed by atoms with Gasteiger partial charge in [0.15, 0.2) is 0 Å². The third-order valence-electron chi connectivity index (χ3n) is 3.05. The summed E-state index contributed by atoms with van der Waals surface area (Å²) in [5, 5.41) is 3.48. The molecule has 0 aromatic heterocycles. The van der Waals surface area contributed by atoms with Crippen LogP contribution in [0.3, 0.4) is 0 Å². The minimum atomic E-state index is 0.645. The maximum atomic E-state index is 3.72. The van der Waals surface area contributed by atoms with Crippen molar-refractivity contribution in [1.29, 1.82) is 0 Å². The minimum Gasteiger partial charge on any atom is -0.311 e. The molecule has 0 bridgehead atoms. The monoisotopic (exact) mass is 182 g/mol. The molecule has 1 aliphatic heterocycles. The van der Waals surface area contributed by atoms with Crippen LogP contribution in [-0.2, 0) is 0 Å². The van der Waals surface area contributed by atoms with Crippen molar-refractivity contribution in [2.75, 3.05) is 26.7 Å². The van der Waals surface area contributed by atoms with Crippen LogP contribution in [0, 0.1) is 5.92 Å². The molecule has 1 N–H and O–H groups in total. The van der Waals surface area contributed by atoms with Crippen molar-refractivity contribution in [2.45, 2.75) is 25.8 Å². The number of nitrogens with one attached hydrogen (secondary N) is 1. The first-order valence-electron chi connectivity index (χ1n) is 5.27. The van der Waals surface area contributed by atoms with Crippen LogP contribution in [0.1, 0.15) is 19.8 Å². The average Bonchev–Trinajstić information content (AvgIpc) is 2.15. The van der Waals surface area contributed by atoms with Gasteiger partial charge in [0.05, 0.1) is 0 Å². The van der Waals surface area contributed by atoms with Crippen LogP contribution in [0.4, 0.5) is 0 Å². The Kier molecular flexibility index (Phi) is 4.46. The van der Waals surface area contributed by atoms with Crippen molar-refractivity contribution in [2.24, 2.45) is 5.92 Å². The van der Waals surface area contributed by atoms with E-state index in [9.17, 15) is 0 Å². The van der Waals surface area contributed by atoms with E-state index in [1.54, 1.807) is 0 Å². The Morgan fingerprint density at radius 2 is 2.15 bits per heavy atom. The Bertz CT molecular complexity index is 148. The first kappa shape index (κ1) is 10.7. The summed E-state index contributed by atoms with van der Waals surface area (Å²) in [7, 11) is 2.21. The molecule has 1 rings (SSSR count). The largest absolute Gasteiger partial charge is 0.311 e. The molecule has 0 aromatic carbocycles. The summed E-state index contributed by atoms with van der Waals surface area (Å²) in [5.74, 6) is 0.858. The molecular weight excluding hydrogens is 160 g/mol. The van der Waals surface area contributed by atoms with E-state index in [0.717, 1.165) is 12.5 Å². The molecule has 0 spiro atoms. The summed E-state index contributed by atoms with van der Waals surface area (Å²) >= 11 is 0. The topological polar surface area (TPSA) is 15.3 Å². The lowest BCUT2D eigenvalue weighted by Crippen LogP contribution is -2.40. The van der Waals surface area contributed by atoms with Gasteiger partial charge in [0.1, 0.15) is 0 Å². The van der Waals surface area contributed by atoms with Gasteiger partial charge >= 0.3 is 0 Å². The van der Waals surface area contributed by atoms with E-state index >= 15 is 0 Å². The fourth-order valence-corrected chi connectivity index (χ4v) is 1.96. The quantitative estimate of drug-likeness (QED) is 0.663. The summed E-state index contributed by atoms with van der Waals surface area (Å²) in [6, 6.07) is 0.645. The molecular formula is C11H22N2. The number of rotatable bonds is 4. The second-order valence-electron chi connectivity index (χ2n) is 4.13. The van der Waals surface area contributed by atoms with Crippen molar-refractivity contribution in [3.63, 3.8) is 0 Å². The minimum absolute atomic E-state index is 0.645. The Balaban J connectivity index is 2.22. The smallest absolute Gasteiger partial charge is 0.0134 e. The average molecular weight is 182 g/mol. The molecule has 0 aromatic rings. The molecule has 0 amide bonds. The number of likely N-dealkylation sites (tertiary alicyclic amines) is 1. The van der Waals surface area contributed by atoms with Gasteiger partial charge in [0.2, 0.25) is 0 Å². The second kappa shape index (κ2) is 5.40. The van der Waals surface area contributed by atoms with Crippen LogP contribution in [-0.4, -0.2) is 37.6 Å². The van der Waals surface area contributed by atoms with E-state index in [1.165, 1.54) is 25.9 Å². The third kappa shape index (κ3) is 3.49. The highest BCUT2D eigenvalue weighted by molar-refractivity contribution is 4.81. The standard InChI is InChI=1S/C11H22N2/c1-4-7-12-10(2)11-5-8-13(3)9-6-11/h4,10-12H,1,5-9H2,2-3H3. The molecule has 76 valence electrons. The van der Waals surface area contributed by atoms with E-state index in [0.29, 0.717) is 6.04 Å². The Hall–Kier alpha value is -0.340. The zero-order valence-corrected chi connectivity index (χ0v) is 8.92. The van der Waals surface area contributed by atoms with Crippen LogP contribution < -0.4 is 5.32 Å². The van der Waals surface area contributed by atoms with Gasteiger partial charge in [-0.05, 0) is 45.8 Å². The van der Waals surface area contributed by atoms with Gasteiger partial charge in [0.25, 0.3) is 0 Å². The highest BCUT2D eigenvalue weighted by Gasteiger charge is 2.21. The molecule has 1 atom stereocenters. The van der Waals surface area contributed by atoms with Gasteiger partial charge in [0, 0.05) is 12.6 Å². The highest BCUT2D eigenvalue weighted by Crippen LogP contribution is 2.19. The molecule has 0 saturated carbocycles. The SMILES string of the molecule is C=CCNC(C)C1CCN(C)CC1. The number of nitrogens with zero attached hydrogens (tertiary/aromatic N) is 1. The van der Waals surface area contributed by atoms with E-state index in [1.807, 2.05) is 6.08 Å². The molecule has 0 aliphatic carbocycles. The van der Waals surface area contributed by atoms with Gasteiger partial charge in [-0.15, -0.1) is 6.58 Å². The molecule has 1 fully saturated rings. The molecule has 1 saturated heterocycles. The van der Waals surface area contributed by atoms with Crippen LogP contribution >= 0.6 is 0 Å². The highest BCUT2D eigenvalue weighted by atomic mass is 15.1. The van der Waals surface area contributed by atoms with Gasteiger partial charge < -0.3 is 10.2 Å². The molecule has 13 heavy (non-hydrogen) atoms. The summed E-state index contributed by atoms with van der Waals surface area (Å²) in [6.45, 7) is 9.46. The normalized spacial score (nSPS) is 22.9. The lowest BCUT2D eigenvalue weighted by atomic mass is 9.90. The fourth-order valence-electron chi connectivity index (χ4n) is 1.96. The molecule has 2 heteroatoms. The van der Waals surface area contributed by atoms with E-state index in [2.05, 4.69) is 30.8 Å². The first-order valence-corrected chi connectivity index (χ1v) is 5.27. The van der Waals surface area contributed by atoms with Crippen LogP contribution in [0.25, 0.3) is 0 Å². The van der Waals surface area contributed by atoms with E-state index < -0.39 is 0 Å². The van der Waals surface area contributed by atoms with Crippen LogP contribution in [0.2, 0.25) is 0 Å². The van der Waals surface area contributed by atoms with Crippen molar-refractivity contribution in [3.05, 3.63) is 12.7 Å². The summed E-state index contributed by atoms with van der Waals surface area (Å²) < 4.78 is 0. The van der Waals surface area contributed by atoms with E-state index in [4.69, 9.17) is 0 Å². The van der Waals surface area contributed by atoms with Crippen molar-refractivity contribution >= 4 is 0 Å². The number of hydrogen-bond acceptors (Lipinski definition) is 2. The zero-order chi connectivity index (χ0) is 9.68. The lowest BCUT2D eigenvalue weighted by Gasteiger charge is -2.33. The van der Waals surface area contributed by atoms with Gasteiger partial charge in [-0.3, -0.25) is 0 Å². The molecule has 0 radical (unpaired) electrons. The summed E-state index contributed by atoms with van der Waals surface area (Å²) in [6.07, 6.45) is 4.61. The Labute approximate surface area is 82.0 Å². The van der Waals surface area contributed by atoms with Gasteiger partial charge in [-0.25, -0.2) is 0 Å². The molecule has 1 unspecified atom stereocenters. The summed E-state index contributed by atoms with van der Waals surface area (Å²) in [4.78, 5) is 2.41. The van der Waals surface area contributed by atoms with Crippen LogP contribution in [0.5, 0.6) is 0 Å². The molecule has 1 aliphatic rings. The van der Waals surface area contributed by atoms with Gasteiger partial charge in [-0.2, -0.15) is 0 Å². The molecule has 2 nitrogen and oxygen atoms in total. The van der Waals surface area contributed by atoms with Crippen molar-refractivity contribution < 1.29 is 0 Å². The Morgan fingerprint density at radius 1 is 1.54 bits per heavy atom. The zero-order valence-electron chi connectivity index (χ0n) is 8.92. The van der Waals surface area contributed by atoms with Crippen molar-refractivity contribution in [3.8, 4) is 0 Å². The maximum absolute atomic E-state index is 3.72. The maximum Gasteiger partial charge on any atom is 0.0134 e. The lowest BCUT2D eigenvalue weighted by molar-refractivity contribution is 0.192. The predicted molar refractivity (Wildman–Crippen MR) is 57.9 cm³/mol. The van der Waals surface area contributed by atoms with E-state index in [-0.39, 0.29) is 0 Å². The Morgan fingerprint density at radius 3 is 2.69 bits per heavy atom. The van der Waals surface area contributed by atoms with Gasteiger partial charge in [-0.1, -0.05) is 6.08 Å². The number of hydrogen-bond donors (Lipinski definition) is 1. The molecule has 1 heterocycles. The second-order valence-corrected chi connectivity index (χ2v) is 4.13. The first-order chi connectivity index (χ1) is 6.24. The number of piperidine rings is 1. The third-order valence-corrected chi connectivity index (χ3v) is 3.05. The predicted octanol–water partition coefficient (Wildman–Crippen LogP) is 1.49. The fraction of sp³-hybridized carbons (Fsp3) is 0.818. The summed E-state index contributed by atoms with van der Waals surface area (Å²) in [5.41, 5.74) is 0.